The second-order valence-electron chi connectivity index (χ2n) is 5.87. The van der Waals surface area contributed by atoms with Crippen LogP contribution < -0.4 is 5.32 Å². The number of furan rings is 1. The number of hydrogen-bond donors (Lipinski definition) is 1. The summed E-state index contributed by atoms with van der Waals surface area (Å²) in [6, 6.07) is 4.71. The normalized spacial score (nSPS) is 18.3. The van der Waals surface area contributed by atoms with Gasteiger partial charge in [0.1, 0.15) is 17.3 Å². The summed E-state index contributed by atoms with van der Waals surface area (Å²) >= 11 is 0. The number of benzene rings is 1. The summed E-state index contributed by atoms with van der Waals surface area (Å²) in [7, 11) is 0. The monoisotopic (exact) mass is 297 g/mol. The van der Waals surface area contributed by atoms with Crippen LogP contribution in [0.3, 0.4) is 0 Å². The lowest BCUT2D eigenvalue weighted by atomic mass is 9.95. The molecule has 0 atom stereocenters. The van der Waals surface area contributed by atoms with Crippen molar-refractivity contribution in [2.45, 2.75) is 32.6 Å². The van der Waals surface area contributed by atoms with Crippen molar-refractivity contribution in [3.05, 3.63) is 52.2 Å². The molecule has 1 N–H and O–H groups in total. The van der Waals surface area contributed by atoms with Crippen LogP contribution in [0.25, 0.3) is 11.6 Å². The zero-order valence-corrected chi connectivity index (χ0v) is 12.3. The Morgan fingerprint density at radius 2 is 2.09 bits per heavy atom. The number of hydrogen-bond acceptors (Lipinski definition) is 2. The van der Waals surface area contributed by atoms with Crippen molar-refractivity contribution in [1.29, 1.82) is 0 Å². The molecule has 3 nitrogen and oxygen atoms in total. The van der Waals surface area contributed by atoms with Gasteiger partial charge < -0.3 is 9.73 Å². The van der Waals surface area contributed by atoms with E-state index in [0.29, 0.717) is 16.9 Å². The summed E-state index contributed by atoms with van der Waals surface area (Å²) < 4.78 is 19.7. The standard InChI is InChI=1S/C18H16FNO2/c1-10-11-5-2-3-8-15(11)22-16(10)9-13-12-6-4-7-14(19)17(12)20-18(13)21/h4,6-7,9H,2-3,5,8H2,1H3,(H,20,21). The zero-order chi connectivity index (χ0) is 15.3. The van der Waals surface area contributed by atoms with Gasteiger partial charge in [-0.25, -0.2) is 4.39 Å². The lowest BCUT2D eigenvalue weighted by Crippen LogP contribution is -2.04. The van der Waals surface area contributed by atoms with Crippen LogP contribution in [0, 0.1) is 12.7 Å². The quantitative estimate of drug-likeness (QED) is 0.805. The predicted molar refractivity (Wildman–Crippen MR) is 83.0 cm³/mol. The molecule has 2 aromatic rings. The van der Waals surface area contributed by atoms with Gasteiger partial charge in [0, 0.05) is 12.0 Å². The highest BCUT2D eigenvalue weighted by atomic mass is 19.1. The number of carbonyl (C=O) groups excluding carboxylic acids is 1. The predicted octanol–water partition coefficient (Wildman–Crippen LogP) is 4.10. The minimum absolute atomic E-state index is 0.257. The van der Waals surface area contributed by atoms with E-state index in [2.05, 4.69) is 5.32 Å². The van der Waals surface area contributed by atoms with E-state index in [1.807, 2.05) is 6.92 Å². The fraction of sp³-hybridized carbons (Fsp3) is 0.278. The van der Waals surface area contributed by atoms with E-state index in [0.717, 1.165) is 30.6 Å². The maximum atomic E-state index is 13.8. The van der Waals surface area contributed by atoms with Gasteiger partial charge in [0.05, 0.1) is 11.3 Å². The molecule has 22 heavy (non-hydrogen) atoms. The summed E-state index contributed by atoms with van der Waals surface area (Å²) in [6.07, 6.45) is 6.05. The Morgan fingerprint density at radius 1 is 1.27 bits per heavy atom. The number of amides is 1. The number of rotatable bonds is 1. The average molecular weight is 297 g/mol. The molecule has 0 bridgehead atoms. The van der Waals surface area contributed by atoms with E-state index in [1.54, 1.807) is 18.2 Å². The van der Waals surface area contributed by atoms with Gasteiger partial charge in [-0.1, -0.05) is 12.1 Å². The van der Waals surface area contributed by atoms with E-state index in [9.17, 15) is 9.18 Å². The van der Waals surface area contributed by atoms with E-state index < -0.39 is 5.82 Å². The van der Waals surface area contributed by atoms with Crippen molar-refractivity contribution in [2.24, 2.45) is 0 Å². The molecule has 0 fully saturated rings. The largest absolute Gasteiger partial charge is 0.461 e. The fourth-order valence-electron chi connectivity index (χ4n) is 3.34. The van der Waals surface area contributed by atoms with Crippen LogP contribution in [0.2, 0.25) is 0 Å². The minimum Gasteiger partial charge on any atom is -0.461 e. The number of aryl methyl sites for hydroxylation is 1. The molecule has 0 saturated carbocycles. The first kappa shape index (κ1) is 13.3. The molecule has 4 heteroatoms. The van der Waals surface area contributed by atoms with E-state index >= 15 is 0 Å². The molecule has 4 rings (SSSR count). The number of carbonyl (C=O) groups is 1. The molecule has 0 unspecified atom stereocenters. The summed E-state index contributed by atoms with van der Waals surface area (Å²) in [6.45, 7) is 2.03. The Kier molecular flexibility index (Phi) is 2.93. The van der Waals surface area contributed by atoms with Gasteiger partial charge in [0.15, 0.2) is 0 Å². The molecule has 1 aromatic carbocycles. The third-order valence-electron chi connectivity index (χ3n) is 4.53. The number of anilines is 1. The Labute approximate surface area is 127 Å². The van der Waals surface area contributed by atoms with Crippen molar-refractivity contribution >= 4 is 23.2 Å². The average Bonchev–Trinajstić information content (AvgIpc) is 3.00. The lowest BCUT2D eigenvalue weighted by molar-refractivity contribution is -0.110. The second kappa shape index (κ2) is 4.83. The SMILES string of the molecule is Cc1c(C=C2C(=O)Nc3c(F)cccc32)oc2c1CCCC2. The van der Waals surface area contributed by atoms with Crippen LogP contribution in [0.15, 0.2) is 22.6 Å². The maximum absolute atomic E-state index is 13.8. The molecule has 0 radical (unpaired) electrons. The maximum Gasteiger partial charge on any atom is 0.256 e. The third-order valence-corrected chi connectivity index (χ3v) is 4.53. The molecule has 1 aliphatic carbocycles. The van der Waals surface area contributed by atoms with Crippen molar-refractivity contribution in [2.75, 3.05) is 5.32 Å². The van der Waals surface area contributed by atoms with Gasteiger partial charge >= 0.3 is 0 Å². The zero-order valence-electron chi connectivity index (χ0n) is 12.3. The Bertz CT molecular complexity index is 817. The molecule has 0 spiro atoms. The highest BCUT2D eigenvalue weighted by Gasteiger charge is 2.28. The summed E-state index contributed by atoms with van der Waals surface area (Å²) in [4.78, 5) is 12.2. The van der Waals surface area contributed by atoms with Crippen LogP contribution in [-0.4, -0.2) is 5.91 Å². The van der Waals surface area contributed by atoms with Gasteiger partial charge in [-0.15, -0.1) is 0 Å². The van der Waals surface area contributed by atoms with Gasteiger partial charge in [-0.2, -0.15) is 0 Å². The minimum atomic E-state index is -0.412. The van der Waals surface area contributed by atoms with E-state index in [4.69, 9.17) is 4.42 Å². The molecule has 2 heterocycles. The summed E-state index contributed by atoms with van der Waals surface area (Å²) in [5.74, 6) is 1.06. The van der Waals surface area contributed by atoms with Crippen molar-refractivity contribution in [3.8, 4) is 0 Å². The summed E-state index contributed by atoms with van der Waals surface area (Å²) in [5.41, 5.74) is 3.69. The van der Waals surface area contributed by atoms with Crippen LogP contribution in [0.4, 0.5) is 10.1 Å². The number of halogens is 1. The second-order valence-corrected chi connectivity index (χ2v) is 5.87. The van der Waals surface area contributed by atoms with Crippen LogP contribution in [-0.2, 0) is 17.6 Å². The lowest BCUT2D eigenvalue weighted by Gasteiger charge is -2.08. The Morgan fingerprint density at radius 3 is 2.91 bits per heavy atom. The Balaban J connectivity index is 1.83. The van der Waals surface area contributed by atoms with Crippen molar-refractivity contribution in [1.82, 2.24) is 0 Å². The molecular formula is C18H16FNO2. The highest BCUT2D eigenvalue weighted by molar-refractivity contribution is 6.34. The van der Waals surface area contributed by atoms with Crippen molar-refractivity contribution < 1.29 is 13.6 Å². The van der Waals surface area contributed by atoms with Crippen LogP contribution in [0.1, 0.15) is 41.1 Å². The summed E-state index contributed by atoms with van der Waals surface area (Å²) in [5, 5.41) is 2.59. The van der Waals surface area contributed by atoms with Crippen LogP contribution >= 0.6 is 0 Å². The first-order valence-electron chi connectivity index (χ1n) is 7.58. The first-order valence-corrected chi connectivity index (χ1v) is 7.58. The molecule has 1 aromatic heterocycles. The van der Waals surface area contributed by atoms with E-state index in [-0.39, 0.29) is 11.6 Å². The smallest absolute Gasteiger partial charge is 0.256 e. The first-order chi connectivity index (χ1) is 10.6. The highest BCUT2D eigenvalue weighted by Crippen LogP contribution is 2.37. The van der Waals surface area contributed by atoms with Gasteiger partial charge in [-0.05, 0) is 49.5 Å². The molecule has 2 aliphatic rings. The molecule has 1 aliphatic heterocycles. The van der Waals surface area contributed by atoms with E-state index in [1.165, 1.54) is 18.1 Å². The molecule has 112 valence electrons. The van der Waals surface area contributed by atoms with Crippen LogP contribution in [0.5, 0.6) is 0 Å². The topological polar surface area (TPSA) is 42.2 Å². The molecule has 0 saturated heterocycles. The van der Waals surface area contributed by atoms with Gasteiger partial charge in [-0.3, -0.25) is 4.79 Å². The molecular weight excluding hydrogens is 281 g/mol. The number of nitrogens with one attached hydrogen (secondary N) is 1. The number of fused-ring (bicyclic) bond motifs is 2. The van der Waals surface area contributed by atoms with Gasteiger partial charge in [0.2, 0.25) is 0 Å². The fourth-order valence-corrected chi connectivity index (χ4v) is 3.34. The third kappa shape index (κ3) is 1.90. The van der Waals surface area contributed by atoms with Crippen molar-refractivity contribution in [3.63, 3.8) is 0 Å². The van der Waals surface area contributed by atoms with Gasteiger partial charge in [0.25, 0.3) is 5.91 Å². The Hall–Kier alpha value is -2.36. The molecule has 1 amide bonds. The number of para-hydroxylation sites is 1.